The first-order valence-electron chi connectivity index (χ1n) is 6.17. The lowest BCUT2D eigenvalue weighted by atomic mass is 9.83. The second-order valence-electron chi connectivity index (χ2n) is 5.64. The highest BCUT2D eigenvalue weighted by atomic mass is 35.5. The second kappa shape index (κ2) is 5.87. The van der Waals surface area contributed by atoms with E-state index in [0.29, 0.717) is 18.2 Å². The van der Waals surface area contributed by atoms with Gasteiger partial charge in [0.05, 0.1) is 5.75 Å². The summed E-state index contributed by atoms with van der Waals surface area (Å²) < 4.78 is 26.2. The van der Waals surface area contributed by atoms with Crippen molar-refractivity contribution in [2.24, 2.45) is 11.3 Å². The van der Waals surface area contributed by atoms with Crippen molar-refractivity contribution in [2.75, 3.05) is 25.4 Å². The van der Waals surface area contributed by atoms with Crippen molar-refractivity contribution in [1.82, 2.24) is 10.0 Å². The van der Waals surface area contributed by atoms with Crippen LogP contribution < -0.4 is 10.0 Å². The summed E-state index contributed by atoms with van der Waals surface area (Å²) in [5.74, 6) is 0.756. The van der Waals surface area contributed by atoms with Crippen LogP contribution in [0.25, 0.3) is 0 Å². The first kappa shape index (κ1) is 15.2. The molecule has 1 saturated carbocycles. The molecule has 0 spiro atoms. The molecule has 0 aromatic carbocycles. The molecule has 0 amide bonds. The third kappa shape index (κ3) is 5.12. The summed E-state index contributed by atoms with van der Waals surface area (Å²) in [6, 6.07) is 0. The highest BCUT2D eigenvalue weighted by molar-refractivity contribution is 7.89. The van der Waals surface area contributed by atoms with Crippen LogP contribution in [0.15, 0.2) is 0 Å². The Morgan fingerprint density at radius 3 is 2.65 bits per heavy atom. The lowest BCUT2D eigenvalue weighted by Gasteiger charge is -2.34. The lowest BCUT2D eigenvalue weighted by Crippen LogP contribution is -2.46. The van der Waals surface area contributed by atoms with Crippen LogP contribution in [-0.2, 0) is 10.0 Å². The van der Waals surface area contributed by atoms with E-state index < -0.39 is 10.0 Å². The Kier molecular flexibility index (Phi) is 5.25. The van der Waals surface area contributed by atoms with Crippen molar-refractivity contribution in [3.63, 3.8) is 0 Å². The number of piperidine rings is 1. The summed E-state index contributed by atoms with van der Waals surface area (Å²) in [7, 11) is -3.03. The second-order valence-corrected chi connectivity index (χ2v) is 7.49. The summed E-state index contributed by atoms with van der Waals surface area (Å²) in [5, 5.41) is 3.33. The van der Waals surface area contributed by atoms with Crippen LogP contribution in [0.1, 0.15) is 32.6 Å². The fourth-order valence-corrected chi connectivity index (χ4v) is 3.85. The molecule has 2 aliphatic rings. The maximum absolute atomic E-state index is 11.7. The molecule has 1 aliphatic carbocycles. The summed E-state index contributed by atoms with van der Waals surface area (Å²) >= 11 is 0. The average Bonchev–Trinajstić information content (AvgIpc) is 3.00. The van der Waals surface area contributed by atoms with E-state index >= 15 is 0 Å². The molecule has 0 aromatic heterocycles. The van der Waals surface area contributed by atoms with E-state index in [1.165, 1.54) is 0 Å². The van der Waals surface area contributed by atoms with Crippen molar-refractivity contribution in [2.45, 2.75) is 32.6 Å². The maximum Gasteiger partial charge on any atom is 0.211 e. The zero-order valence-electron chi connectivity index (χ0n) is 10.4. The fraction of sp³-hybridized carbons (Fsp3) is 1.00. The molecule has 1 unspecified atom stereocenters. The molecule has 6 heteroatoms. The van der Waals surface area contributed by atoms with Gasteiger partial charge in [-0.2, -0.15) is 0 Å². The molecular formula is C11H23ClN2O2S. The number of hydrogen-bond acceptors (Lipinski definition) is 3. The fourth-order valence-electron chi connectivity index (χ4n) is 2.21. The maximum atomic E-state index is 11.7. The Morgan fingerprint density at radius 1 is 1.41 bits per heavy atom. The van der Waals surface area contributed by atoms with Crippen molar-refractivity contribution in [3.8, 4) is 0 Å². The number of rotatable bonds is 5. The molecule has 4 nitrogen and oxygen atoms in total. The van der Waals surface area contributed by atoms with Crippen molar-refractivity contribution >= 4 is 22.4 Å². The molecular weight excluding hydrogens is 260 g/mol. The van der Waals surface area contributed by atoms with Gasteiger partial charge in [-0.05, 0) is 43.6 Å². The van der Waals surface area contributed by atoms with E-state index in [4.69, 9.17) is 0 Å². The zero-order valence-corrected chi connectivity index (χ0v) is 12.0. The Bertz CT molecular complexity index is 335. The molecule has 2 N–H and O–H groups in total. The van der Waals surface area contributed by atoms with E-state index in [2.05, 4.69) is 17.0 Å². The first-order chi connectivity index (χ1) is 7.49. The van der Waals surface area contributed by atoms with Crippen LogP contribution in [0.3, 0.4) is 0 Å². The number of sulfonamides is 1. The Hall–Kier alpha value is 0.160. The van der Waals surface area contributed by atoms with Gasteiger partial charge in [0.2, 0.25) is 10.0 Å². The van der Waals surface area contributed by atoms with Gasteiger partial charge < -0.3 is 5.32 Å². The van der Waals surface area contributed by atoms with E-state index in [1.54, 1.807) is 0 Å². The highest BCUT2D eigenvalue weighted by Gasteiger charge is 2.31. The molecule has 1 heterocycles. The van der Waals surface area contributed by atoms with Crippen molar-refractivity contribution in [3.05, 3.63) is 0 Å². The molecule has 2 rings (SSSR count). The third-order valence-electron chi connectivity index (χ3n) is 3.56. The summed E-state index contributed by atoms with van der Waals surface area (Å²) in [4.78, 5) is 0. The van der Waals surface area contributed by atoms with Crippen molar-refractivity contribution < 1.29 is 8.42 Å². The molecule has 102 valence electrons. The van der Waals surface area contributed by atoms with Crippen LogP contribution in [0.2, 0.25) is 0 Å². The largest absolute Gasteiger partial charge is 0.316 e. The van der Waals surface area contributed by atoms with Gasteiger partial charge in [-0.15, -0.1) is 12.4 Å². The average molecular weight is 283 g/mol. The highest BCUT2D eigenvalue weighted by Crippen LogP contribution is 2.30. The Morgan fingerprint density at radius 2 is 2.12 bits per heavy atom. The van der Waals surface area contributed by atoms with Gasteiger partial charge in [0, 0.05) is 13.1 Å². The smallest absolute Gasteiger partial charge is 0.211 e. The number of halogens is 1. The van der Waals surface area contributed by atoms with E-state index in [-0.39, 0.29) is 17.8 Å². The zero-order chi connectivity index (χ0) is 11.6. The topological polar surface area (TPSA) is 58.2 Å². The molecule has 0 radical (unpaired) electrons. The minimum atomic E-state index is -3.03. The predicted octanol–water partition coefficient (Wildman–Crippen LogP) is 1.13. The Labute approximate surface area is 110 Å². The standard InChI is InChI=1S/C11H22N2O2S.ClH/c1-11(5-2-6-12-8-11)9-13-16(14,15)7-10-3-4-10;/h10,12-13H,2-9H2,1H3;1H. The molecule has 0 aromatic rings. The van der Waals surface area contributed by atoms with E-state index in [1.807, 2.05) is 0 Å². The van der Waals surface area contributed by atoms with Gasteiger partial charge in [-0.3, -0.25) is 0 Å². The van der Waals surface area contributed by atoms with Crippen LogP contribution in [0.5, 0.6) is 0 Å². The van der Waals surface area contributed by atoms with Gasteiger partial charge in [-0.1, -0.05) is 6.92 Å². The summed E-state index contributed by atoms with van der Waals surface area (Å²) in [5.41, 5.74) is 0.0921. The van der Waals surface area contributed by atoms with Crippen molar-refractivity contribution in [1.29, 1.82) is 0 Å². The lowest BCUT2D eigenvalue weighted by molar-refractivity contribution is 0.238. The monoisotopic (exact) mass is 282 g/mol. The molecule has 17 heavy (non-hydrogen) atoms. The van der Waals surface area contributed by atoms with Gasteiger partial charge in [0.15, 0.2) is 0 Å². The molecule has 1 atom stereocenters. The number of hydrogen-bond donors (Lipinski definition) is 2. The Balaban J connectivity index is 0.00000144. The van der Waals surface area contributed by atoms with E-state index in [0.717, 1.165) is 38.8 Å². The molecule has 1 saturated heterocycles. The molecule has 0 bridgehead atoms. The summed E-state index contributed by atoms with van der Waals surface area (Å²) in [6.07, 6.45) is 4.41. The van der Waals surface area contributed by atoms with Gasteiger partial charge >= 0.3 is 0 Å². The van der Waals surface area contributed by atoms with Crippen LogP contribution in [0, 0.1) is 11.3 Å². The molecule has 1 aliphatic heterocycles. The van der Waals surface area contributed by atoms with E-state index in [9.17, 15) is 8.42 Å². The van der Waals surface area contributed by atoms with Crippen LogP contribution >= 0.6 is 12.4 Å². The van der Waals surface area contributed by atoms with Gasteiger partial charge in [-0.25, -0.2) is 13.1 Å². The third-order valence-corrected chi connectivity index (χ3v) is 5.05. The minimum Gasteiger partial charge on any atom is -0.316 e. The normalized spacial score (nSPS) is 29.7. The van der Waals surface area contributed by atoms with Gasteiger partial charge in [0.25, 0.3) is 0 Å². The SMILES string of the molecule is CC1(CNS(=O)(=O)CC2CC2)CCCNC1.Cl. The predicted molar refractivity (Wildman–Crippen MR) is 72.0 cm³/mol. The van der Waals surface area contributed by atoms with Gasteiger partial charge in [0.1, 0.15) is 0 Å². The number of nitrogens with one attached hydrogen (secondary N) is 2. The quantitative estimate of drug-likeness (QED) is 0.795. The summed E-state index contributed by atoms with van der Waals surface area (Å²) in [6.45, 7) is 4.71. The van der Waals surface area contributed by atoms with Crippen LogP contribution in [-0.4, -0.2) is 33.8 Å². The van der Waals surface area contributed by atoms with Crippen LogP contribution in [0.4, 0.5) is 0 Å². The minimum absolute atomic E-state index is 0. The molecule has 2 fully saturated rings. The first-order valence-corrected chi connectivity index (χ1v) is 7.82.